The zero-order valence-corrected chi connectivity index (χ0v) is 11.1. The summed E-state index contributed by atoms with van der Waals surface area (Å²) in [5.74, 6) is -0.793. The van der Waals surface area contributed by atoms with Crippen molar-refractivity contribution in [2.45, 2.75) is 13.0 Å². The molecule has 1 N–H and O–H groups in total. The summed E-state index contributed by atoms with van der Waals surface area (Å²) >= 11 is 0. The predicted octanol–water partition coefficient (Wildman–Crippen LogP) is 1.32. The summed E-state index contributed by atoms with van der Waals surface area (Å²) < 4.78 is 24.9. The molecule has 0 atom stereocenters. The van der Waals surface area contributed by atoms with Gasteiger partial charge in [-0.3, -0.25) is 0 Å². The largest absolute Gasteiger partial charge is 0.478 e. The molecule has 1 saturated heterocycles. The zero-order valence-electron chi connectivity index (χ0n) is 10.3. The lowest BCUT2D eigenvalue weighted by Crippen LogP contribution is -2.25. The smallest absolute Gasteiger partial charge is 0.328 e. The van der Waals surface area contributed by atoms with Crippen molar-refractivity contribution in [3.8, 4) is 0 Å². The number of hydrogen-bond acceptors (Lipinski definition) is 3. The number of hydrogen-bond donors (Lipinski definition) is 1. The van der Waals surface area contributed by atoms with Crippen LogP contribution in [0.15, 0.2) is 30.3 Å². The first-order valence-corrected chi connectivity index (χ1v) is 7.56. The molecule has 102 valence electrons. The maximum absolute atomic E-state index is 11.7. The molecule has 0 saturated carbocycles. The number of benzene rings is 1. The average molecular weight is 281 g/mol. The molecular weight excluding hydrogens is 266 g/mol. The van der Waals surface area contributed by atoms with E-state index < -0.39 is 16.0 Å². The van der Waals surface area contributed by atoms with E-state index in [1.807, 2.05) is 6.07 Å². The average Bonchev–Trinajstić information content (AvgIpc) is 2.67. The van der Waals surface area contributed by atoms with Crippen LogP contribution in [0, 0.1) is 0 Å². The molecule has 2 rings (SSSR count). The quantitative estimate of drug-likeness (QED) is 0.845. The molecule has 0 amide bonds. The van der Waals surface area contributed by atoms with E-state index in [0.29, 0.717) is 19.5 Å². The number of carbonyl (C=O) groups is 1. The van der Waals surface area contributed by atoms with Gasteiger partial charge in [-0.05, 0) is 23.6 Å². The summed E-state index contributed by atoms with van der Waals surface area (Å²) in [5, 5.41) is 8.57. The van der Waals surface area contributed by atoms with E-state index in [9.17, 15) is 13.2 Å². The highest BCUT2D eigenvalue weighted by Gasteiger charge is 2.27. The number of sulfonamides is 1. The van der Waals surface area contributed by atoms with Gasteiger partial charge < -0.3 is 5.11 Å². The maximum Gasteiger partial charge on any atom is 0.328 e. The molecule has 0 aliphatic carbocycles. The lowest BCUT2D eigenvalue weighted by molar-refractivity contribution is -0.131. The first kappa shape index (κ1) is 13.8. The van der Waals surface area contributed by atoms with Crippen LogP contribution in [-0.4, -0.2) is 36.1 Å². The Labute approximate surface area is 112 Å². The second kappa shape index (κ2) is 5.54. The summed E-state index contributed by atoms with van der Waals surface area (Å²) in [5.41, 5.74) is 1.61. The van der Waals surface area contributed by atoms with Crippen molar-refractivity contribution in [3.05, 3.63) is 41.5 Å². The summed E-state index contributed by atoms with van der Waals surface area (Å²) in [6.07, 6.45) is 3.22. The van der Waals surface area contributed by atoms with Crippen LogP contribution in [0.4, 0.5) is 0 Å². The van der Waals surface area contributed by atoms with Gasteiger partial charge in [-0.25, -0.2) is 13.2 Å². The minimum Gasteiger partial charge on any atom is -0.478 e. The van der Waals surface area contributed by atoms with Crippen molar-refractivity contribution < 1.29 is 18.3 Å². The molecule has 1 heterocycles. The molecule has 5 nitrogen and oxygen atoms in total. The lowest BCUT2D eigenvalue weighted by Gasteiger charge is -2.14. The van der Waals surface area contributed by atoms with Crippen molar-refractivity contribution in [1.82, 2.24) is 4.31 Å². The van der Waals surface area contributed by atoms with Gasteiger partial charge >= 0.3 is 5.97 Å². The maximum atomic E-state index is 11.7. The van der Waals surface area contributed by atoms with Crippen molar-refractivity contribution in [1.29, 1.82) is 0 Å². The van der Waals surface area contributed by atoms with Gasteiger partial charge in [0.15, 0.2) is 0 Å². The summed E-state index contributed by atoms with van der Waals surface area (Å²) in [4.78, 5) is 10.4. The van der Waals surface area contributed by atoms with Crippen LogP contribution in [0.1, 0.15) is 17.5 Å². The predicted molar refractivity (Wildman–Crippen MR) is 71.9 cm³/mol. The first-order valence-electron chi connectivity index (χ1n) is 5.95. The van der Waals surface area contributed by atoms with Crippen molar-refractivity contribution in [2.24, 2.45) is 0 Å². The minimum absolute atomic E-state index is 0.214. The van der Waals surface area contributed by atoms with Crippen LogP contribution in [0.2, 0.25) is 0 Å². The van der Waals surface area contributed by atoms with Gasteiger partial charge in [0.2, 0.25) is 10.0 Å². The second-order valence-electron chi connectivity index (χ2n) is 4.42. The molecule has 0 spiro atoms. The van der Waals surface area contributed by atoms with Crippen LogP contribution in [-0.2, 0) is 21.4 Å². The van der Waals surface area contributed by atoms with E-state index in [-0.39, 0.29) is 5.75 Å². The highest BCUT2D eigenvalue weighted by Crippen LogP contribution is 2.18. The molecule has 1 aromatic carbocycles. The molecule has 0 unspecified atom stereocenters. The van der Waals surface area contributed by atoms with Gasteiger partial charge in [-0.15, -0.1) is 0 Å². The standard InChI is InChI=1S/C13H15NO4S/c15-13(16)6-5-11-3-1-4-12(9-11)10-14-7-2-8-19(14,17)18/h1,3-6,9H,2,7-8,10H2,(H,15,16). The van der Waals surface area contributed by atoms with Gasteiger partial charge in [0.25, 0.3) is 0 Å². The molecular formula is C13H15NO4S. The summed E-state index contributed by atoms with van der Waals surface area (Å²) in [6.45, 7) is 0.897. The van der Waals surface area contributed by atoms with Crippen LogP contribution in [0.25, 0.3) is 6.08 Å². The molecule has 0 radical (unpaired) electrons. The fraction of sp³-hybridized carbons (Fsp3) is 0.308. The van der Waals surface area contributed by atoms with Gasteiger partial charge in [0.1, 0.15) is 0 Å². The van der Waals surface area contributed by atoms with Crippen LogP contribution < -0.4 is 0 Å². The molecule has 1 fully saturated rings. The lowest BCUT2D eigenvalue weighted by atomic mass is 10.1. The number of carboxylic acids is 1. The number of nitrogens with zero attached hydrogens (tertiary/aromatic N) is 1. The van der Waals surface area contributed by atoms with Crippen LogP contribution >= 0.6 is 0 Å². The Morgan fingerprint density at radius 2 is 2.21 bits per heavy atom. The highest BCUT2D eigenvalue weighted by atomic mass is 32.2. The van der Waals surface area contributed by atoms with Gasteiger partial charge in [-0.1, -0.05) is 24.3 Å². The Morgan fingerprint density at radius 3 is 2.84 bits per heavy atom. The SMILES string of the molecule is O=C(O)C=Cc1cccc(CN2CCCS2(=O)=O)c1. The molecule has 1 aromatic rings. The van der Waals surface area contributed by atoms with E-state index in [0.717, 1.165) is 17.2 Å². The molecule has 1 aliphatic rings. The Kier molecular flexibility index (Phi) is 4.01. The van der Waals surface area contributed by atoms with Crippen molar-refractivity contribution in [3.63, 3.8) is 0 Å². The third-order valence-electron chi connectivity index (χ3n) is 2.93. The molecule has 0 aromatic heterocycles. The zero-order chi connectivity index (χ0) is 13.9. The molecule has 1 aliphatic heterocycles. The Morgan fingerprint density at radius 1 is 1.42 bits per heavy atom. The van der Waals surface area contributed by atoms with Gasteiger partial charge in [0, 0.05) is 19.2 Å². The topological polar surface area (TPSA) is 74.7 Å². The van der Waals surface area contributed by atoms with Crippen molar-refractivity contribution in [2.75, 3.05) is 12.3 Å². The van der Waals surface area contributed by atoms with Crippen molar-refractivity contribution >= 4 is 22.1 Å². The van der Waals surface area contributed by atoms with E-state index >= 15 is 0 Å². The Bertz CT molecular complexity index is 607. The monoisotopic (exact) mass is 281 g/mol. The Balaban J connectivity index is 2.13. The Hall–Kier alpha value is -1.66. The van der Waals surface area contributed by atoms with Gasteiger partial charge in [0.05, 0.1) is 5.75 Å². The van der Waals surface area contributed by atoms with E-state index in [1.54, 1.807) is 18.2 Å². The molecule has 0 bridgehead atoms. The summed E-state index contributed by atoms with van der Waals surface area (Å²) in [7, 11) is -3.10. The first-order chi connectivity index (χ1) is 8.97. The highest BCUT2D eigenvalue weighted by molar-refractivity contribution is 7.89. The van der Waals surface area contributed by atoms with Gasteiger partial charge in [-0.2, -0.15) is 4.31 Å². The number of aliphatic carboxylic acids is 1. The van der Waals surface area contributed by atoms with E-state index in [2.05, 4.69) is 0 Å². The molecule has 6 heteroatoms. The third kappa shape index (κ3) is 3.65. The fourth-order valence-corrected chi connectivity index (χ4v) is 3.54. The minimum atomic E-state index is -3.10. The number of rotatable bonds is 4. The van der Waals surface area contributed by atoms with Crippen LogP contribution in [0.3, 0.4) is 0 Å². The second-order valence-corrected chi connectivity index (χ2v) is 6.51. The normalized spacial score (nSPS) is 18.9. The molecule has 19 heavy (non-hydrogen) atoms. The fourth-order valence-electron chi connectivity index (χ4n) is 2.04. The number of carboxylic acid groups (broad SMARTS) is 1. The third-order valence-corrected chi connectivity index (χ3v) is 4.83. The van der Waals surface area contributed by atoms with E-state index in [4.69, 9.17) is 5.11 Å². The van der Waals surface area contributed by atoms with E-state index in [1.165, 1.54) is 10.4 Å². The summed E-state index contributed by atoms with van der Waals surface area (Å²) in [6, 6.07) is 7.21. The van der Waals surface area contributed by atoms with Crippen LogP contribution in [0.5, 0.6) is 0 Å².